The maximum Gasteiger partial charge on any atom is 0.243 e. The number of rotatable bonds is 6. The van der Waals surface area contributed by atoms with E-state index in [1.807, 2.05) is 6.07 Å². The molecule has 3 rings (SSSR count). The lowest BCUT2D eigenvalue weighted by Gasteiger charge is -2.16. The minimum Gasteiger partial charge on any atom is -0.347 e. The molecule has 1 heterocycles. The maximum atomic E-state index is 13.1. The molecule has 0 unspecified atom stereocenters. The molecule has 0 saturated carbocycles. The second kappa shape index (κ2) is 8.44. The first-order valence-corrected chi connectivity index (χ1v) is 8.73. The van der Waals surface area contributed by atoms with Gasteiger partial charge in [0, 0.05) is 24.3 Å². The third kappa shape index (κ3) is 5.13. The van der Waals surface area contributed by atoms with Gasteiger partial charge in [-0.2, -0.15) is 0 Å². The number of hydrogen-bond donors (Lipinski definition) is 2. The second-order valence-electron chi connectivity index (χ2n) is 6.33. The summed E-state index contributed by atoms with van der Waals surface area (Å²) in [4.78, 5) is 37.5. The number of benzene rings is 2. The predicted octanol–water partition coefficient (Wildman–Crippen LogP) is 2.25. The molecule has 0 aromatic heterocycles. The van der Waals surface area contributed by atoms with Crippen LogP contribution in [0.25, 0.3) is 0 Å². The minimum absolute atomic E-state index is 0.00238. The van der Waals surface area contributed by atoms with E-state index in [0.717, 1.165) is 12.1 Å². The van der Waals surface area contributed by atoms with E-state index in [4.69, 9.17) is 0 Å². The van der Waals surface area contributed by atoms with Crippen molar-refractivity contribution in [2.45, 2.75) is 19.3 Å². The van der Waals surface area contributed by atoms with Crippen LogP contribution in [-0.4, -0.2) is 30.8 Å². The standard InChI is InChI=1S/C20H20FN3O3/c21-15-5-1-4-14(10-15)11-18(25)22-13-19(26)23-16-6-2-7-17(12-16)24-9-3-8-20(24)27/h1-2,4-7,10,12H,3,8-9,11,13H2,(H,22,25)(H,23,26). The predicted molar refractivity (Wildman–Crippen MR) is 99.8 cm³/mol. The molecule has 2 aromatic rings. The van der Waals surface area contributed by atoms with E-state index in [1.165, 1.54) is 18.2 Å². The summed E-state index contributed by atoms with van der Waals surface area (Å²) in [5.41, 5.74) is 1.83. The third-order valence-electron chi connectivity index (χ3n) is 4.21. The highest BCUT2D eigenvalue weighted by Crippen LogP contribution is 2.24. The van der Waals surface area contributed by atoms with E-state index in [9.17, 15) is 18.8 Å². The van der Waals surface area contributed by atoms with Crippen LogP contribution in [0.1, 0.15) is 18.4 Å². The molecule has 27 heavy (non-hydrogen) atoms. The molecule has 1 aliphatic heterocycles. The fourth-order valence-electron chi connectivity index (χ4n) is 2.95. The van der Waals surface area contributed by atoms with Gasteiger partial charge in [-0.3, -0.25) is 14.4 Å². The van der Waals surface area contributed by atoms with Crippen LogP contribution in [0.4, 0.5) is 15.8 Å². The summed E-state index contributed by atoms with van der Waals surface area (Å²) in [5, 5.41) is 5.21. The fourth-order valence-corrected chi connectivity index (χ4v) is 2.95. The zero-order valence-corrected chi connectivity index (χ0v) is 14.7. The number of amides is 3. The normalized spacial score (nSPS) is 13.5. The van der Waals surface area contributed by atoms with E-state index in [0.29, 0.717) is 24.2 Å². The van der Waals surface area contributed by atoms with E-state index < -0.39 is 5.82 Å². The third-order valence-corrected chi connectivity index (χ3v) is 4.21. The Bertz CT molecular complexity index is 869. The Balaban J connectivity index is 1.50. The van der Waals surface area contributed by atoms with Crippen molar-refractivity contribution in [1.82, 2.24) is 5.32 Å². The molecule has 6 nitrogen and oxygen atoms in total. The van der Waals surface area contributed by atoms with Crippen molar-refractivity contribution in [2.75, 3.05) is 23.3 Å². The smallest absolute Gasteiger partial charge is 0.243 e. The highest BCUT2D eigenvalue weighted by Gasteiger charge is 2.21. The molecule has 0 radical (unpaired) electrons. The van der Waals surface area contributed by atoms with E-state index in [-0.39, 0.29) is 30.7 Å². The Kier molecular flexibility index (Phi) is 5.80. The molecule has 3 amide bonds. The number of carbonyl (C=O) groups is 3. The van der Waals surface area contributed by atoms with Gasteiger partial charge in [0.2, 0.25) is 17.7 Å². The zero-order chi connectivity index (χ0) is 19.2. The lowest BCUT2D eigenvalue weighted by molar-refractivity contribution is -0.123. The first kappa shape index (κ1) is 18.6. The van der Waals surface area contributed by atoms with Crippen molar-refractivity contribution in [3.05, 3.63) is 59.9 Å². The van der Waals surface area contributed by atoms with E-state index >= 15 is 0 Å². The fraction of sp³-hybridized carbons (Fsp3) is 0.250. The van der Waals surface area contributed by atoms with Crippen molar-refractivity contribution in [1.29, 1.82) is 0 Å². The summed E-state index contributed by atoms with van der Waals surface area (Å²) in [6.07, 6.45) is 1.36. The number of carbonyl (C=O) groups excluding carboxylic acids is 3. The SMILES string of the molecule is O=C(Cc1cccc(F)c1)NCC(=O)Nc1cccc(N2CCCC2=O)c1. The first-order chi connectivity index (χ1) is 13.0. The lowest BCUT2D eigenvalue weighted by Crippen LogP contribution is -2.33. The molecule has 1 fully saturated rings. The van der Waals surface area contributed by atoms with Crippen molar-refractivity contribution in [3.63, 3.8) is 0 Å². The van der Waals surface area contributed by atoms with Crippen molar-refractivity contribution >= 4 is 29.1 Å². The highest BCUT2D eigenvalue weighted by atomic mass is 19.1. The van der Waals surface area contributed by atoms with Crippen LogP contribution in [0.15, 0.2) is 48.5 Å². The minimum atomic E-state index is -0.408. The molecule has 140 valence electrons. The molecule has 0 atom stereocenters. The zero-order valence-electron chi connectivity index (χ0n) is 14.7. The first-order valence-electron chi connectivity index (χ1n) is 8.73. The topological polar surface area (TPSA) is 78.5 Å². The second-order valence-corrected chi connectivity index (χ2v) is 6.33. The summed E-state index contributed by atoms with van der Waals surface area (Å²) >= 11 is 0. The molecule has 2 aromatic carbocycles. The van der Waals surface area contributed by atoms with Crippen LogP contribution in [0, 0.1) is 5.82 Å². The quantitative estimate of drug-likeness (QED) is 0.820. The van der Waals surface area contributed by atoms with Gasteiger partial charge in [-0.05, 0) is 42.3 Å². The van der Waals surface area contributed by atoms with Gasteiger partial charge in [-0.1, -0.05) is 18.2 Å². The highest BCUT2D eigenvalue weighted by molar-refractivity contribution is 5.98. The van der Waals surface area contributed by atoms with Crippen LogP contribution in [0.3, 0.4) is 0 Å². The average Bonchev–Trinajstić information content (AvgIpc) is 3.06. The number of nitrogens with zero attached hydrogens (tertiary/aromatic N) is 1. The van der Waals surface area contributed by atoms with Crippen LogP contribution >= 0.6 is 0 Å². The van der Waals surface area contributed by atoms with Gasteiger partial charge in [-0.15, -0.1) is 0 Å². The van der Waals surface area contributed by atoms with Crippen LogP contribution < -0.4 is 15.5 Å². The molecule has 0 spiro atoms. The lowest BCUT2D eigenvalue weighted by atomic mass is 10.1. The van der Waals surface area contributed by atoms with Crippen molar-refractivity contribution < 1.29 is 18.8 Å². The maximum absolute atomic E-state index is 13.1. The van der Waals surface area contributed by atoms with Gasteiger partial charge in [0.05, 0.1) is 13.0 Å². The molecular weight excluding hydrogens is 349 g/mol. The van der Waals surface area contributed by atoms with Crippen LogP contribution in [0.2, 0.25) is 0 Å². The number of nitrogens with one attached hydrogen (secondary N) is 2. The Morgan fingerprint density at radius 3 is 2.63 bits per heavy atom. The van der Waals surface area contributed by atoms with Gasteiger partial charge in [0.1, 0.15) is 5.82 Å². The number of anilines is 2. The van der Waals surface area contributed by atoms with Gasteiger partial charge < -0.3 is 15.5 Å². The Morgan fingerprint density at radius 2 is 1.89 bits per heavy atom. The molecular formula is C20H20FN3O3. The molecule has 2 N–H and O–H groups in total. The molecule has 0 aliphatic carbocycles. The Hall–Kier alpha value is -3.22. The van der Waals surface area contributed by atoms with Crippen molar-refractivity contribution in [3.8, 4) is 0 Å². The van der Waals surface area contributed by atoms with E-state index in [1.54, 1.807) is 29.2 Å². The Morgan fingerprint density at radius 1 is 1.07 bits per heavy atom. The van der Waals surface area contributed by atoms with Gasteiger partial charge in [0.15, 0.2) is 0 Å². The molecule has 0 bridgehead atoms. The summed E-state index contributed by atoms with van der Waals surface area (Å²) in [7, 11) is 0. The van der Waals surface area contributed by atoms with Crippen LogP contribution in [-0.2, 0) is 20.8 Å². The number of halogens is 1. The number of hydrogen-bond acceptors (Lipinski definition) is 3. The van der Waals surface area contributed by atoms with Crippen molar-refractivity contribution in [2.24, 2.45) is 0 Å². The summed E-state index contributed by atoms with van der Waals surface area (Å²) < 4.78 is 13.1. The van der Waals surface area contributed by atoms with Crippen LogP contribution in [0.5, 0.6) is 0 Å². The molecule has 1 aliphatic rings. The largest absolute Gasteiger partial charge is 0.347 e. The average molecular weight is 369 g/mol. The monoisotopic (exact) mass is 369 g/mol. The van der Waals surface area contributed by atoms with Gasteiger partial charge in [-0.25, -0.2) is 4.39 Å². The molecule has 1 saturated heterocycles. The summed E-state index contributed by atoms with van der Waals surface area (Å²) in [6.45, 7) is 0.480. The van der Waals surface area contributed by atoms with Gasteiger partial charge >= 0.3 is 0 Å². The van der Waals surface area contributed by atoms with Gasteiger partial charge in [0.25, 0.3) is 0 Å². The van der Waals surface area contributed by atoms with E-state index in [2.05, 4.69) is 10.6 Å². The molecule has 7 heteroatoms. The summed E-state index contributed by atoms with van der Waals surface area (Å²) in [5.74, 6) is -1.09. The Labute approximate surface area is 156 Å². The summed E-state index contributed by atoms with van der Waals surface area (Å²) in [6, 6.07) is 12.8.